The molecule has 0 fully saturated rings. The van der Waals surface area contributed by atoms with Gasteiger partial charge in [-0.2, -0.15) is 0 Å². The van der Waals surface area contributed by atoms with Gasteiger partial charge in [0.15, 0.2) is 0 Å². The lowest BCUT2D eigenvalue weighted by Gasteiger charge is -2.06. The Morgan fingerprint density at radius 2 is 2.44 bits per heavy atom. The average molecular weight is 240 g/mol. The molecule has 82 valence electrons. The van der Waals surface area contributed by atoms with Crippen LogP contribution in [0.3, 0.4) is 0 Å². The van der Waals surface area contributed by atoms with Crippen LogP contribution in [0.4, 0.5) is 5.69 Å². The molecule has 16 heavy (non-hydrogen) atoms. The molecular formula is C10H7ClN2O3. The van der Waals surface area contributed by atoms with Crippen LogP contribution in [-0.2, 0) is 0 Å². The Kier molecular flexibility index (Phi) is 2.30. The number of aromatic nitrogens is 1. The van der Waals surface area contributed by atoms with Crippen LogP contribution >= 0.6 is 11.6 Å². The number of benzene rings is 1. The summed E-state index contributed by atoms with van der Waals surface area (Å²) in [5, 5.41) is 11.6. The monoisotopic (exact) mass is 239 g/mol. The minimum atomic E-state index is -0.595. The summed E-state index contributed by atoms with van der Waals surface area (Å²) in [5.41, 5.74) is -0.0395. The van der Waals surface area contributed by atoms with E-state index in [1.165, 1.54) is 19.2 Å². The number of methoxy groups -OCH3 is 1. The second-order valence-electron chi connectivity index (χ2n) is 3.00. The van der Waals surface area contributed by atoms with Crippen LogP contribution in [0.1, 0.15) is 1.37 Å². The molecule has 0 N–H and O–H groups in total. The first-order valence-electron chi connectivity index (χ1n) is 4.83. The number of hydrogen-bond donors (Lipinski definition) is 0. The van der Waals surface area contributed by atoms with Crippen LogP contribution in [0, 0.1) is 10.1 Å². The highest BCUT2D eigenvalue weighted by Crippen LogP contribution is 2.38. The van der Waals surface area contributed by atoms with Crippen LogP contribution < -0.4 is 4.74 Å². The molecule has 0 radical (unpaired) electrons. The highest BCUT2D eigenvalue weighted by Gasteiger charge is 2.20. The topological polar surface area (TPSA) is 65.3 Å². The molecule has 0 aliphatic rings. The van der Waals surface area contributed by atoms with Crippen molar-refractivity contribution in [3.8, 4) is 5.75 Å². The number of nitro benzene ring substituents is 1. The first-order chi connectivity index (χ1) is 8.04. The van der Waals surface area contributed by atoms with Crippen LogP contribution in [0.25, 0.3) is 10.9 Å². The Hall–Kier alpha value is -1.88. The predicted octanol–water partition coefficient (Wildman–Crippen LogP) is 2.81. The molecule has 1 aromatic carbocycles. The molecule has 0 atom stereocenters. The normalized spacial score (nSPS) is 11.2. The third-order valence-electron chi connectivity index (χ3n) is 2.13. The molecule has 0 bridgehead atoms. The predicted molar refractivity (Wildman–Crippen MR) is 60.0 cm³/mol. The second-order valence-corrected chi connectivity index (χ2v) is 3.41. The lowest BCUT2D eigenvalue weighted by molar-refractivity contribution is -0.385. The number of ether oxygens (including phenoxy) is 1. The molecule has 1 heterocycles. The standard InChI is InChI=1S/C10H7ClN2O3/c1-16-10-8(13(14)15)5-7(11)6-3-2-4-12-9(6)10/h2-5H,1H3/i4D. The summed E-state index contributed by atoms with van der Waals surface area (Å²) < 4.78 is 12.4. The first-order valence-corrected chi connectivity index (χ1v) is 4.70. The van der Waals surface area contributed by atoms with E-state index < -0.39 is 4.92 Å². The van der Waals surface area contributed by atoms with Crippen LogP contribution in [0.15, 0.2) is 24.4 Å². The largest absolute Gasteiger partial charge is 0.489 e. The summed E-state index contributed by atoms with van der Waals surface area (Å²) in [5.74, 6) is 0.0171. The fraction of sp³-hybridized carbons (Fsp3) is 0.100. The van der Waals surface area contributed by atoms with Gasteiger partial charge in [0.25, 0.3) is 0 Å². The zero-order valence-electron chi connectivity index (χ0n) is 9.23. The third kappa shape index (κ3) is 1.55. The van der Waals surface area contributed by atoms with Gasteiger partial charge in [0.2, 0.25) is 5.75 Å². The molecule has 6 heteroatoms. The number of hydrogen-bond acceptors (Lipinski definition) is 4. The maximum Gasteiger partial charge on any atom is 0.314 e. The molecule has 0 amide bonds. The van der Waals surface area contributed by atoms with E-state index in [4.69, 9.17) is 17.7 Å². The second kappa shape index (κ2) is 3.94. The van der Waals surface area contributed by atoms with Gasteiger partial charge in [-0.25, -0.2) is 0 Å². The molecule has 2 rings (SSSR count). The van der Waals surface area contributed by atoms with E-state index in [0.717, 1.165) is 0 Å². The summed E-state index contributed by atoms with van der Waals surface area (Å²) in [6.07, 6.45) is -0.00707. The number of halogens is 1. The first kappa shape index (κ1) is 9.35. The lowest BCUT2D eigenvalue weighted by atomic mass is 10.2. The molecule has 0 saturated heterocycles. The smallest absolute Gasteiger partial charge is 0.314 e. The molecule has 0 spiro atoms. The van der Waals surface area contributed by atoms with Gasteiger partial charge in [-0.05, 0) is 12.1 Å². The van der Waals surface area contributed by atoms with Crippen LogP contribution in [0.5, 0.6) is 5.75 Å². The minimum absolute atomic E-state index is 0.00707. The molecule has 0 aliphatic heterocycles. The fourth-order valence-electron chi connectivity index (χ4n) is 1.45. The van der Waals surface area contributed by atoms with Crippen molar-refractivity contribution in [2.24, 2.45) is 0 Å². The van der Waals surface area contributed by atoms with E-state index in [1.54, 1.807) is 6.07 Å². The Balaban J connectivity index is 2.92. The van der Waals surface area contributed by atoms with E-state index in [2.05, 4.69) is 4.98 Å². The summed E-state index contributed by atoms with van der Waals surface area (Å²) in [4.78, 5) is 14.2. The number of rotatable bonds is 2. The number of nitro groups is 1. The van der Waals surface area contributed by atoms with Crippen molar-refractivity contribution >= 4 is 28.2 Å². The van der Waals surface area contributed by atoms with Crippen molar-refractivity contribution < 1.29 is 11.0 Å². The Bertz CT molecular complexity index is 618. The number of nitrogens with zero attached hydrogens (tertiary/aromatic N) is 2. The molecular weight excluding hydrogens is 232 g/mol. The van der Waals surface area contributed by atoms with Gasteiger partial charge in [-0.3, -0.25) is 15.1 Å². The van der Waals surface area contributed by atoms with E-state index in [1.807, 2.05) is 0 Å². The van der Waals surface area contributed by atoms with E-state index in [9.17, 15) is 10.1 Å². The highest BCUT2D eigenvalue weighted by molar-refractivity contribution is 6.36. The zero-order valence-corrected chi connectivity index (χ0v) is 8.99. The lowest BCUT2D eigenvalue weighted by Crippen LogP contribution is -1.96. The highest BCUT2D eigenvalue weighted by atomic mass is 35.5. The molecule has 0 saturated carbocycles. The summed E-state index contributed by atoms with van der Waals surface area (Å²) in [6.45, 7) is 0. The summed E-state index contributed by atoms with van der Waals surface area (Å²) >= 11 is 5.93. The van der Waals surface area contributed by atoms with Crippen molar-refractivity contribution in [3.05, 3.63) is 39.5 Å². The number of pyridine rings is 1. The molecule has 0 unspecified atom stereocenters. The van der Waals surface area contributed by atoms with Gasteiger partial charge < -0.3 is 4.74 Å². The van der Waals surface area contributed by atoms with E-state index in [-0.39, 0.29) is 28.1 Å². The number of fused-ring (bicyclic) bond motifs is 1. The Morgan fingerprint density at radius 3 is 3.06 bits per heavy atom. The maximum absolute atomic E-state index is 10.9. The Labute approximate surface area is 97.2 Å². The van der Waals surface area contributed by atoms with Gasteiger partial charge >= 0.3 is 5.69 Å². The SMILES string of the molecule is [2H]c1ccc2c(Cl)cc([N+](=O)[O-])c(OC)c2n1. The van der Waals surface area contributed by atoms with Gasteiger partial charge in [0, 0.05) is 17.6 Å². The van der Waals surface area contributed by atoms with Crippen molar-refractivity contribution in [2.75, 3.05) is 7.11 Å². The summed E-state index contributed by atoms with van der Waals surface area (Å²) in [7, 11) is 1.31. The van der Waals surface area contributed by atoms with Crippen LogP contribution in [-0.4, -0.2) is 17.0 Å². The van der Waals surface area contributed by atoms with Gasteiger partial charge in [-0.1, -0.05) is 11.6 Å². The van der Waals surface area contributed by atoms with Crippen molar-refractivity contribution in [3.63, 3.8) is 0 Å². The minimum Gasteiger partial charge on any atom is -0.489 e. The van der Waals surface area contributed by atoms with Gasteiger partial charge in [-0.15, -0.1) is 0 Å². The van der Waals surface area contributed by atoms with Gasteiger partial charge in [0.05, 0.1) is 18.4 Å². The van der Waals surface area contributed by atoms with Crippen LogP contribution in [0.2, 0.25) is 5.02 Å². The molecule has 0 aliphatic carbocycles. The van der Waals surface area contributed by atoms with Crippen molar-refractivity contribution in [1.82, 2.24) is 4.98 Å². The molecule has 5 nitrogen and oxygen atoms in total. The van der Waals surface area contributed by atoms with E-state index >= 15 is 0 Å². The van der Waals surface area contributed by atoms with Crippen molar-refractivity contribution in [1.29, 1.82) is 0 Å². The zero-order chi connectivity index (χ0) is 12.6. The summed E-state index contributed by atoms with van der Waals surface area (Å²) in [6, 6.07) is 4.26. The van der Waals surface area contributed by atoms with Crippen molar-refractivity contribution in [2.45, 2.75) is 0 Å². The fourth-order valence-corrected chi connectivity index (χ4v) is 1.70. The Morgan fingerprint density at radius 1 is 1.69 bits per heavy atom. The third-order valence-corrected chi connectivity index (χ3v) is 2.44. The quantitative estimate of drug-likeness (QED) is 0.597. The average Bonchev–Trinajstić information content (AvgIpc) is 2.28. The molecule has 1 aromatic heterocycles. The van der Waals surface area contributed by atoms with E-state index in [0.29, 0.717) is 5.39 Å². The molecule has 2 aromatic rings. The van der Waals surface area contributed by atoms with Gasteiger partial charge in [0.1, 0.15) is 5.52 Å². The maximum atomic E-state index is 10.9.